The fourth-order valence-electron chi connectivity index (χ4n) is 3.18. The lowest BCUT2D eigenvalue weighted by molar-refractivity contribution is 0.286. The molecule has 3 aliphatic heterocycles. The van der Waals surface area contributed by atoms with Gasteiger partial charge in [-0.3, -0.25) is 0 Å². The molecule has 102 valence electrons. The van der Waals surface area contributed by atoms with Gasteiger partial charge in [0, 0.05) is 37.2 Å². The second-order valence-electron chi connectivity index (χ2n) is 5.42. The minimum Gasteiger partial charge on any atom is -0.347 e. The van der Waals surface area contributed by atoms with E-state index >= 15 is 0 Å². The van der Waals surface area contributed by atoms with Crippen LogP contribution >= 0.6 is 0 Å². The topological polar surface area (TPSA) is 58.0 Å². The summed E-state index contributed by atoms with van der Waals surface area (Å²) in [7, 11) is 0. The third-order valence-corrected chi connectivity index (χ3v) is 4.08. The molecule has 2 aromatic heterocycles. The highest BCUT2D eigenvalue weighted by molar-refractivity contribution is 5.50. The van der Waals surface area contributed by atoms with Crippen molar-refractivity contribution in [2.24, 2.45) is 0 Å². The van der Waals surface area contributed by atoms with E-state index in [1.54, 1.807) is 18.7 Å². The summed E-state index contributed by atoms with van der Waals surface area (Å²) in [4.78, 5) is 21.9. The number of piperidine rings is 1. The number of piperazine rings is 1. The van der Waals surface area contributed by atoms with Crippen molar-refractivity contribution in [1.82, 2.24) is 19.9 Å². The smallest absolute Gasteiger partial charge is 0.225 e. The SMILES string of the molecule is Cc1cc(N2C3CC2CN(c2ncccn2)C3)ncn1. The van der Waals surface area contributed by atoms with Crippen LogP contribution in [0.4, 0.5) is 11.8 Å². The average molecular weight is 268 g/mol. The summed E-state index contributed by atoms with van der Waals surface area (Å²) in [5.74, 6) is 1.88. The van der Waals surface area contributed by atoms with Gasteiger partial charge in [0.1, 0.15) is 12.1 Å². The summed E-state index contributed by atoms with van der Waals surface area (Å²) in [6.07, 6.45) is 6.48. The summed E-state index contributed by atoms with van der Waals surface area (Å²) < 4.78 is 0. The summed E-state index contributed by atoms with van der Waals surface area (Å²) in [5, 5.41) is 0. The molecule has 0 spiro atoms. The van der Waals surface area contributed by atoms with Crippen LogP contribution in [0.3, 0.4) is 0 Å². The molecule has 3 aliphatic rings. The molecular weight excluding hydrogens is 252 g/mol. The lowest BCUT2D eigenvalue weighted by Gasteiger charge is -2.56. The Kier molecular flexibility index (Phi) is 2.55. The van der Waals surface area contributed by atoms with E-state index in [0.717, 1.165) is 30.5 Å². The highest BCUT2D eigenvalue weighted by Gasteiger charge is 2.45. The van der Waals surface area contributed by atoms with Crippen LogP contribution < -0.4 is 9.80 Å². The number of anilines is 2. The minimum absolute atomic E-state index is 0.506. The quantitative estimate of drug-likeness (QED) is 0.811. The molecule has 20 heavy (non-hydrogen) atoms. The van der Waals surface area contributed by atoms with Gasteiger partial charge in [-0.2, -0.15) is 0 Å². The van der Waals surface area contributed by atoms with E-state index in [2.05, 4.69) is 35.8 Å². The van der Waals surface area contributed by atoms with Gasteiger partial charge >= 0.3 is 0 Å². The number of fused-ring (bicyclic) bond motifs is 2. The van der Waals surface area contributed by atoms with Gasteiger partial charge in [-0.05, 0) is 19.4 Å². The molecule has 0 radical (unpaired) electrons. The molecule has 0 saturated carbocycles. The highest BCUT2D eigenvalue weighted by atomic mass is 15.4. The Balaban J connectivity index is 1.54. The zero-order valence-corrected chi connectivity index (χ0v) is 11.3. The Labute approximate surface area is 117 Å². The van der Waals surface area contributed by atoms with Crippen LogP contribution in [0.2, 0.25) is 0 Å². The van der Waals surface area contributed by atoms with Crippen LogP contribution in [0, 0.1) is 6.92 Å². The van der Waals surface area contributed by atoms with Gasteiger partial charge in [-0.25, -0.2) is 19.9 Å². The largest absolute Gasteiger partial charge is 0.347 e. The van der Waals surface area contributed by atoms with Crippen molar-refractivity contribution in [2.75, 3.05) is 22.9 Å². The summed E-state index contributed by atoms with van der Waals surface area (Å²) >= 11 is 0. The first kappa shape index (κ1) is 11.6. The Morgan fingerprint density at radius 3 is 2.50 bits per heavy atom. The second-order valence-corrected chi connectivity index (χ2v) is 5.42. The first-order valence-electron chi connectivity index (χ1n) is 6.90. The van der Waals surface area contributed by atoms with E-state index in [4.69, 9.17) is 0 Å². The third-order valence-electron chi connectivity index (χ3n) is 4.08. The molecule has 2 atom stereocenters. The van der Waals surface area contributed by atoms with E-state index in [9.17, 15) is 0 Å². The van der Waals surface area contributed by atoms with Gasteiger partial charge in [0.05, 0.1) is 12.1 Å². The Hall–Kier alpha value is -2.24. The van der Waals surface area contributed by atoms with E-state index in [0.29, 0.717) is 12.1 Å². The Morgan fingerprint density at radius 1 is 1.05 bits per heavy atom. The van der Waals surface area contributed by atoms with Gasteiger partial charge < -0.3 is 9.80 Å². The zero-order chi connectivity index (χ0) is 13.5. The third kappa shape index (κ3) is 1.79. The average Bonchev–Trinajstić information content (AvgIpc) is 2.48. The molecule has 5 heterocycles. The normalized spacial score (nSPS) is 24.4. The zero-order valence-electron chi connectivity index (χ0n) is 11.3. The molecule has 2 bridgehead atoms. The van der Waals surface area contributed by atoms with Crippen LogP contribution in [0.1, 0.15) is 12.1 Å². The van der Waals surface area contributed by atoms with Crippen molar-refractivity contribution >= 4 is 11.8 Å². The lowest BCUT2D eigenvalue weighted by Crippen LogP contribution is -2.69. The van der Waals surface area contributed by atoms with Gasteiger partial charge in [-0.1, -0.05) is 0 Å². The van der Waals surface area contributed by atoms with Crippen molar-refractivity contribution < 1.29 is 0 Å². The number of hydrogen-bond donors (Lipinski definition) is 0. The molecule has 3 saturated heterocycles. The first-order valence-corrected chi connectivity index (χ1v) is 6.90. The maximum absolute atomic E-state index is 4.41. The van der Waals surface area contributed by atoms with Crippen LogP contribution in [0.15, 0.2) is 30.9 Å². The maximum Gasteiger partial charge on any atom is 0.225 e. The number of nitrogens with zero attached hydrogens (tertiary/aromatic N) is 6. The van der Waals surface area contributed by atoms with Crippen LogP contribution in [-0.2, 0) is 0 Å². The van der Waals surface area contributed by atoms with Gasteiger partial charge in [0.15, 0.2) is 0 Å². The van der Waals surface area contributed by atoms with Gasteiger partial charge in [-0.15, -0.1) is 0 Å². The standard InChI is InChI=1S/C14H16N6/c1-10-5-13(18-9-17-10)20-11-6-12(20)8-19(7-11)14-15-3-2-4-16-14/h2-5,9,11-12H,6-8H2,1H3. The molecule has 5 rings (SSSR count). The van der Waals surface area contributed by atoms with Crippen molar-refractivity contribution in [1.29, 1.82) is 0 Å². The van der Waals surface area contributed by atoms with Crippen molar-refractivity contribution in [3.8, 4) is 0 Å². The highest BCUT2D eigenvalue weighted by Crippen LogP contribution is 2.36. The molecule has 0 aromatic carbocycles. The minimum atomic E-state index is 0.506. The Morgan fingerprint density at radius 2 is 1.80 bits per heavy atom. The molecule has 2 unspecified atom stereocenters. The molecule has 0 aliphatic carbocycles. The van der Waals surface area contributed by atoms with Crippen molar-refractivity contribution in [3.63, 3.8) is 0 Å². The van der Waals surface area contributed by atoms with Crippen LogP contribution in [0.5, 0.6) is 0 Å². The number of aromatic nitrogens is 4. The fourth-order valence-corrected chi connectivity index (χ4v) is 3.18. The monoisotopic (exact) mass is 268 g/mol. The van der Waals surface area contributed by atoms with Gasteiger partial charge in [0.2, 0.25) is 5.95 Å². The van der Waals surface area contributed by atoms with Gasteiger partial charge in [0.25, 0.3) is 0 Å². The molecule has 3 fully saturated rings. The van der Waals surface area contributed by atoms with E-state index < -0.39 is 0 Å². The summed E-state index contributed by atoms with van der Waals surface area (Å²) in [5.41, 5.74) is 1.02. The number of aryl methyl sites for hydroxylation is 1. The van der Waals surface area contributed by atoms with Crippen LogP contribution in [-0.4, -0.2) is 45.1 Å². The van der Waals surface area contributed by atoms with Crippen molar-refractivity contribution in [3.05, 3.63) is 36.5 Å². The predicted octanol–water partition coefficient (Wildman–Crippen LogP) is 1.04. The maximum atomic E-state index is 4.41. The first-order chi connectivity index (χ1) is 9.81. The molecule has 2 aromatic rings. The molecule has 6 nitrogen and oxygen atoms in total. The van der Waals surface area contributed by atoms with Crippen molar-refractivity contribution in [2.45, 2.75) is 25.4 Å². The lowest BCUT2D eigenvalue weighted by atomic mass is 9.87. The summed E-state index contributed by atoms with van der Waals surface area (Å²) in [6.45, 7) is 3.93. The van der Waals surface area contributed by atoms with E-state index in [1.807, 2.05) is 13.0 Å². The molecule has 0 N–H and O–H groups in total. The summed E-state index contributed by atoms with van der Waals surface area (Å²) in [6, 6.07) is 4.93. The number of rotatable bonds is 2. The predicted molar refractivity (Wildman–Crippen MR) is 75.7 cm³/mol. The second kappa shape index (κ2) is 4.40. The molecule has 6 heteroatoms. The van der Waals surface area contributed by atoms with E-state index in [-0.39, 0.29) is 0 Å². The molecular formula is C14H16N6. The molecule has 0 amide bonds. The fraction of sp³-hybridized carbons (Fsp3) is 0.429. The number of hydrogen-bond acceptors (Lipinski definition) is 6. The van der Waals surface area contributed by atoms with E-state index in [1.165, 1.54) is 6.42 Å². The van der Waals surface area contributed by atoms with Crippen LogP contribution in [0.25, 0.3) is 0 Å². The Bertz CT molecular complexity index is 604.